The molecule has 1 aromatic rings. The zero-order valence-corrected chi connectivity index (χ0v) is 12.6. The van der Waals surface area contributed by atoms with Crippen LogP contribution in [0, 0.1) is 0 Å². The molecule has 5 heteroatoms. The van der Waals surface area contributed by atoms with E-state index in [1.54, 1.807) is 18.2 Å². The maximum atomic E-state index is 9.44. The second-order valence-electron chi connectivity index (χ2n) is 6.28. The van der Waals surface area contributed by atoms with E-state index in [4.69, 9.17) is 5.73 Å². The normalized spacial score (nSPS) is 18.9. The molecule has 0 spiro atoms. The average Bonchev–Trinajstić information content (AvgIpc) is 2.40. The lowest BCUT2D eigenvalue weighted by molar-refractivity contribution is -0.894. The van der Waals surface area contributed by atoms with E-state index in [9.17, 15) is 5.11 Å². The summed E-state index contributed by atoms with van der Waals surface area (Å²) in [5.41, 5.74) is 7.36. The lowest BCUT2D eigenvalue weighted by Gasteiger charge is -2.39. The molecule has 0 bridgehead atoms. The first kappa shape index (κ1) is 14.9. The van der Waals surface area contributed by atoms with Crippen molar-refractivity contribution in [3.63, 3.8) is 0 Å². The fourth-order valence-corrected chi connectivity index (χ4v) is 2.49. The van der Waals surface area contributed by atoms with Gasteiger partial charge in [0.25, 0.3) is 0 Å². The topological polar surface area (TPSA) is 61.5 Å². The first-order chi connectivity index (χ1) is 9.46. The van der Waals surface area contributed by atoms with E-state index in [2.05, 4.69) is 24.3 Å². The molecule has 1 aliphatic rings. The predicted octanol–water partition coefficient (Wildman–Crippen LogP) is 1.17. The summed E-state index contributed by atoms with van der Waals surface area (Å²) in [6.45, 7) is 6.82. The molecule has 5 nitrogen and oxygen atoms in total. The largest absolute Gasteiger partial charge is 0.508 e. The second kappa shape index (κ2) is 6.33. The molecule has 0 unspecified atom stereocenters. The van der Waals surface area contributed by atoms with E-state index in [1.807, 2.05) is 0 Å². The highest BCUT2D eigenvalue weighted by atomic mass is 16.3. The van der Waals surface area contributed by atoms with Crippen LogP contribution in [-0.4, -0.2) is 67.9 Å². The molecule has 0 aliphatic carbocycles. The predicted molar refractivity (Wildman–Crippen MR) is 83.9 cm³/mol. The van der Waals surface area contributed by atoms with Crippen LogP contribution in [0.1, 0.15) is 6.42 Å². The SMILES string of the molecule is C[N+]1(C)CCN(CCCNc2cc(O)ccc2N)CC1. The Kier molecular flexibility index (Phi) is 4.73. The van der Waals surface area contributed by atoms with Crippen LogP contribution in [0.5, 0.6) is 5.75 Å². The summed E-state index contributed by atoms with van der Waals surface area (Å²) in [6.07, 6.45) is 1.09. The highest BCUT2D eigenvalue weighted by Crippen LogP contribution is 2.23. The zero-order valence-electron chi connectivity index (χ0n) is 12.6. The van der Waals surface area contributed by atoms with Crippen molar-refractivity contribution in [3.8, 4) is 5.75 Å². The van der Waals surface area contributed by atoms with E-state index in [0.717, 1.165) is 29.7 Å². The van der Waals surface area contributed by atoms with E-state index in [-0.39, 0.29) is 5.75 Å². The van der Waals surface area contributed by atoms with Gasteiger partial charge in [0.05, 0.1) is 38.6 Å². The molecule has 0 saturated carbocycles. The number of anilines is 2. The Morgan fingerprint density at radius 3 is 2.70 bits per heavy atom. The van der Waals surface area contributed by atoms with Gasteiger partial charge in [-0.3, -0.25) is 4.90 Å². The van der Waals surface area contributed by atoms with Gasteiger partial charge in [-0.2, -0.15) is 0 Å². The summed E-state index contributed by atoms with van der Waals surface area (Å²) in [5.74, 6) is 0.248. The molecule has 1 fully saturated rings. The number of benzene rings is 1. The smallest absolute Gasteiger partial charge is 0.117 e. The lowest BCUT2D eigenvalue weighted by atomic mass is 10.2. The fraction of sp³-hybridized carbons (Fsp3) is 0.600. The van der Waals surface area contributed by atoms with Crippen LogP contribution in [0.3, 0.4) is 0 Å². The third kappa shape index (κ3) is 4.28. The summed E-state index contributed by atoms with van der Waals surface area (Å²) >= 11 is 0. The van der Waals surface area contributed by atoms with Gasteiger partial charge < -0.3 is 20.6 Å². The Balaban J connectivity index is 1.68. The minimum atomic E-state index is 0.248. The molecule has 2 rings (SSSR count). The monoisotopic (exact) mass is 279 g/mol. The number of nitrogens with two attached hydrogens (primary N) is 1. The van der Waals surface area contributed by atoms with Crippen LogP contribution in [0.15, 0.2) is 18.2 Å². The van der Waals surface area contributed by atoms with E-state index in [1.165, 1.54) is 26.2 Å². The van der Waals surface area contributed by atoms with Gasteiger partial charge in [-0.05, 0) is 18.6 Å². The number of quaternary nitrogens is 1. The summed E-state index contributed by atoms with van der Waals surface area (Å²) in [4.78, 5) is 2.52. The van der Waals surface area contributed by atoms with Gasteiger partial charge >= 0.3 is 0 Å². The Bertz CT molecular complexity index is 437. The minimum Gasteiger partial charge on any atom is -0.508 e. The van der Waals surface area contributed by atoms with Crippen molar-refractivity contribution < 1.29 is 9.59 Å². The molecule has 112 valence electrons. The van der Waals surface area contributed by atoms with Crippen molar-refractivity contribution in [1.29, 1.82) is 0 Å². The van der Waals surface area contributed by atoms with Crippen molar-refractivity contribution in [2.24, 2.45) is 0 Å². The number of nitrogens with zero attached hydrogens (tertiary/aromatic N) is 2. The quantitative estimate of drug-likeness (QED) is 0.328. The number of hydrogen-bond acceptors (Lipinski definition) is 4. The number of likely N-dealkylation sites (N-methyl/N-ethyl adjacent to an activating group) is 1. The van der Waals surface area contributed by atoms with Gasteiger partial charge in [0.1, 0.15) is 5.75 Å². The Labute approximate surface area is 121 Å². The molecular formula is C15H27N4O+. The summed E-state index contributed by atoms with van der Waals surface area (Å²) in [5, 5.41) is 12.7. The van der Waals surface area contributed by atoms with Crippen molar-refractivity contribution in [2.45, 2.75) is 6.42 Å². The van der Waals surface area contributed by atoms with Crippen LogP contribution in [0.25, 0.3) is 0 Å². The van der Waals surface area contributed by atoms with Gasteiger partial charge in [-0.25, -0.2) is 0 Å². The van der Waals surface area contributed by atoms with Crippen LogP contribution in [0.2, 0.25) is 0 Å². The zero-order chi connectivity index (χ0) is 14.6. The van der Waals surface area contributed by atoms with Crippen molar-refractivity contribution in [2.75, 3.05) is 64.4 Å². The third-order valence-corrected chi connectivity index (χ3v) is 4.05. The molecule has 0 atom stereocenters. The molecule has 0 radical (unpaired) electrons. The van der Waals surface area contributed by atoms with Gasteiger partial charge in [0.15, 0.2) is 0 Å². The molecule has 20 heavy (non-hydrogen) atoms. The first-order valence-electron chi connectivity index (χ1n) is 7.33. The number of nitrogen functional groups attached to an aromatic ring is 1. The first-order valence-corrected chi connectivity index (χ1v) is 7.33. The van der Waals surface area contributed by atoms with Gasteiger partial charge in [0.2, 0.25) is 0 Å². The summed E-state index contributed by atoms with van der Waals surface area (Å²) in [6, 6.07) is 5.01. The van der Waals surface area contributed by atoms with Crippen molar-refractivity contribution in [1.82, 2.24) is 4.90 Å². The molecule has 1 heterocycles. The highest BCUT2D eigenvalue weighted by Gasteiger charge is 2.23. The molecule has 1 saturated heterocycles. The number of phenolic OH excluding ortho intramolecular Hbond substituents is 1. The molecule has 0 amide bonds. The van der Waals surface area contributed by atoms with Crippen LogP contribution < -0.4 is 11.1 Å². The molecule has 1 aliphatic heterocycles. The Morgan fingerprint density at radius 2 is 2.00 bits per heavy atom. The Morgan fingerprint density at radius 1 is 1.30 bits per heavy atom. The van der Waals surface area contributed by atoms with Gasteiger partial charge in [-0.15, -0.1) is 0 Å². The summed E-state index contributed by atoms with van der Waals surface area (Å²) in [7, 11) is 4.59. The minimum absolute atomic E-state index is 0.248. The Hall–Kier alpha value is -1.46. The van der Waals surface area contributed by atoms with Crippen molar-refractivity contribution in [3.05, 3.63) is 18.2 Å². The van der Waals surface area contributed by atoms with E-state index in [0.29, 0.717) is 5.69 Å². The number of piperazine rings is 1. The lowest BCUT2D eigenvalue weighted by Crippen LogP contribution is -2.54. The van der Waals surface area contributed by atoms with Crippen molar-refractivity contribution >= 4 is 11.4 Å². The summed E-state index contributed by atoms with van der Waals surface area (Å²) < 4.78 is 1.13. The van der Waals surface area contributed by atoms with Gasteiger partial charge in [-0.1, -0.05) is 0 Å². The highest BCUT2D eigenvalue weighted by molar-refractivity contribution is 5.67. The number of nitrogens with one attached hydrogen (secondary N) is 1. The van der Waals surface area contributed by atoms with E-state index < -0.39 is 0 Å². The van der Waals surface area contributed by atoms with Crippen LogP contribution in [0.4, 0.5) is 11.4 Å². The number of aromatic hydroxyl groups is 1. The molecular weight excluding hydrogens is 252 g/mol. The second-order valence-corrected chi connectivity index (χ2v) is 6.28. The maximum absolute atomic E-state index is 9.44. The molecule has 1 aromatic carbocycles. The van der Waals surface area contributed by atoms with Crippen LogP contribution in [-0.2, 0) is 0 Å². The van der Waals surface area contributed by atoms with Gasteiger partial charge in [0, 0.05) is 32.2 Å². The third-order valence-electron chi connectivity index (χ3n) is 4.05. The van der Waals surface area contributed by atoms with Crippen LogP contribution >= 0.6 is 0 Å². The fourth-order valence-electron chi connectivity index (χ4n) is 2.49. The molecule has 4 N–H and O–H groups in total. The molecule has 0 aromatic heterocycles. The average molecular weight is 279 g/mol. The maximum Gasteiger partial charge on any atom is 0.117 e. The van der Waals surface area contributed by atoms with E-state index >= 15 is 0 Å². The number of hydrogen-bond donors (Lipinski definition) is 3. The number of rotatable bonds is 5. The number of phenols is 1. The standard InChI is InChI=1S/C15H26N4O/c1-19(2)10-8-18(9-11-19)7-3-6-17-15-12-13(20)4-5-14(15)16/h4-5,12,17H,3,6-11,16H2,1-2H3/p+1.